The number of nitrogens with zero attached hydrogens (tertiary/aromatic N) is 15. The molecule has 4 aliphatic heterocycles. The fraction of sp³-hybridized carbons (Fsp3) is 0.333. The van der Waals surface area contributed by atoms with Gasteiger partial charge in [0.25, 0.3) is 5.91 Å². The average Bonchev–Trinajstić information content (AvgIpc) is 1.63. The van der Waals surface area contributed by atoms with E-state index in [0.29, 0.717) is 143 Å². The molecule has 9 fully saturated rings. The molecular formula is C108H109F3N20O12S3. The summed E-state index contributed by atoms with van der Waals surface area (Å²) < 4.78 is 123. The lowest BCUT2D eigenvalue weighted by Crippen LogP contribution is -2.55. The van der Waals surface area contributed by atoms with E-state index in [2.05, 4.69) is 104 Å². The summed E-state index contributed by atoms with van der Waals surface area (Å²) in [6.45, 7) is 18.1. The van der Waals surface area contributed by atoms with E-state index in [1.165, 1.54) is 18.2 Å². The second-order valence-electron chi connectivity index (χ2n) is 39.8. The average molecular weight is 2030 g/mol. The molecule has 0 unspecified atom stereocenters. The van der Waals surface area contributed by atoms with Crippen molar-refractivity contribution in [3.05, 3.63) is 282 Å². The highest BCUT2D eigenvalue weighted by Gasteiger charge is 2.39. The molecule has 5 aliphatic carbocycles. The van der Waals surface area contributed by atoms with Crippen molar-refractivity contribution in [1.82, 2.24) is 66.5 Å². The van der Waals surface area contributed by atoms with Gasteiger partial charge in [0.05, 0.1) is 94.0 Å². The van der Waals surface area contributed by atoms with Crippen LogP contribution in [0.2, 0.25) is 0 Å². The number of imidazole rings is 5. The molecule has 15 aromatic rings. The number of carbonyl (C=O) groups is 6. The largest absolute Gasteiger partial charge is 0.337 e. The number of aromatic nitrogens is 10. The Morgan fingerprint density at radius 2 is 0.644 bits per heavy atom. The van der Waals surface area contributed by atoms with Gasteiger partial charge in [-0.3, -0.25) is 65.5 Å². The molecule has 4 saturated heterocycles. The SMILES string of the molecule is CC1(C)CN(C(=O)c2ccc(-c3cccc4nc(NC(=O)C5CC5)cn34)cc2)C1.O=C(Nc1cn2c(-c3ccc(CN4CCS(=O)(=O)CC4)cc3)c(F)ccc2n1)C1CC1.O=C(Nc1cn2c(-c3ccc(CN4CCS(=O)(=O)CC4)cc3)cccc2n1)C1CC1.O=C(Nc1cn2c(-c3ccc(CN4CCS(=O)(=O)CC4)cc3F)cccc2n1)C1CC1.[C-]#[N+]Cc1ccc(-c2cccc3nc(NC(=O)C4CC4)cn23)c(F)c1. The van der Waals surface area contributed by atoms with E-state index in [-0.39, 0.29) is 129 Å². The summed E-state index contributed by atoms with van der Waals surface area (Å²) in [4.78, 5) is 106. The van der Waals surface area contributed by atoms with Gasteiger partial charge in [-0.15, -0.1) is 0 Å². The second kappa shape index (κ2) is 41.5. The van der Waals surface area contributed by atoms with E-state index >= 15 is 4.39 Å². The number of hydrogen-bond donors (Lipinski definition) is 5. The highest BCUT2D eigenvalue weighted by atomic mass is 32.2. The van der Waals surface area contributed by atoms with Gasteiger partial charge in [-0.25, -0.2) is 69.9 Å². The van der Waals surface area contributed by atoms with Crippen LogP contribution in [0, 0.1) is 59.0 Å². The Kier molecular flexibility index (Phi) is 28.1. The first kappa shape index (κ1) is 98.8. The molecule has 38 heteroatoms. The molecule has 24 rings (SSSR count). The van der Waals surface area contributed by atoms with Gasteiger partial charge >= 0.3 is 0 Å². The monoisotopic (exact) mass is 2030 g/mol. The molecule has 146 heavy (non-hydrogen) atoms. The minimum Gasteiger partial charge on any atom is -0.337 e. The Balaban J connectivity index is 0.000000111. The molecule has 10 aromatic heterocycles. The predicted molar refractivity (Wildman–Crippen MR) is 552 cm³/mol. The van der Waals surface area contributed by atoms with E-state index in [1.54, 1.807) is 68.2 Å². The van der Waals surface area contributed by atoms with Crippen molar-refractivity contribution in [1.29, 1.82) is 0 Å². The van der Waals surface area contributed by atoms with Crippen molar-refractivity contribution in [2.45, 2.75) is 104 Å². The number of benzene rings is 5. The fourth-order valence-electron chi connectivity index (χ4n) is 18.4. The zero-order valence-corrected chi connectivity index (χ0v) is 83.0. The van der Waals surface area contributed by atoms with Gasteiger partial charge in [-0.05, 0) is 195 Å². The van der Waals surface area contributed by atoms with E-state index in [0.717, 1.165) is 134 Å². The van der Waals surface area contributed by atoms with E-state index < -0.39 is 29.5 Å². The highest BCUT2D eigenvalue weighted by molar-refractivity contribution is 7.92. The molecule has 0 spiro atoms. The smallest absolute Gasteiger partial charge is 0.253 e. The number of nitrogens with one attached hydrogen (secondary N) is 5. The first-order valence-electron chi connectivity index (χ1n) is 49.2. The van der Waals surface area contributed by atoms with Gasteiger partial charge in [-0.2, -0.15) is 0 Å². The number of hydrogen-bond acceptors (Lipinski definition) is 20. The van der Waals surface area contributed by atoms with Crippen molar-refractivity contribution >= 4 is 122 Å². The number of pyridine rings is 5. The fourth-order valence-corrected chi connectivity index (χ4v) is 22.2. The van der Waals surface area contributed by atoms with Gasteiger partial charge in [0.2, 0.25) is 36.1 Å². The van der Waals surface area contributed by atoms with E-state index in [9.17, 15) is 62.8 Å². The van der Waals surface area contributed by atoms with Crippen LogP contribution in [0.15, 0.2) is 225 Å². The van der Waals surface area contributed by atoms with Gasteiger partial charge in [-0.1, -0.05) is 111 Å². The van der Waals surface area contributed by atoms with Crippen LogP contribution in [-0.2, 0) is 79.7 Å². The summed E-state index contributed by atoms with van der Waals surface area (Å²) in [6.07, 6.45) is 18.1. The van der Waals surface area contributed by atoms with Crippen LogP contribution in [0.5, 0.6) is 0 Å². The van der Waals surface area contributed by atoms with Crippen LogP contribution in [-0.4, -0.2) is 214 Å². The van der Waals surface area contributed by atoms with Crippen molar-refractivity contribution in [2.75, 3.05) is 113 Å². The van der Waals surface area contributed by atoms with Crippen LogP contribution in [0.3, 0.4) is 0 Å². The van der Waals surface area contributed by atoms with Gasteiger partial charge in [0.15, 0.2) is 58.6 Å². The topological polar surface area (TPSA) is 369 Å². The van der Waals surface area contributed by atoms with Crippen LogP contribution in [0.1, 0.15) is 111 Å². The lowest BCUT2D eigenvalue weighted by molar-refractivity contribution is -0.118. The number of carbonyl (C=O) groups excluding carboxylic acids is 6. The molecule has 752 valence electrons. The summed E-state index contributed by atoms with van der Waals surface area (Å²) in [5.41, 5.74) is 15.2. The first-order chi connectivity index (χ1) is 70.3. The van der Waals surface area contributed by atoms with Crippen molar-refractivity contribution in [2.24, 2.45) is 35.0 Å². The number of likely N-dealkylation sites (tertiary alicyclic amines) is 1. The Hall–Kier alpha value is -14.6. The molecule has 9 aliphatic rings. The second-order valence-corrected chi connectivity index (χ2v) is 46.7. The molecule has 5 N–H and O–H groups in total. The molecule has 6 amide bonds. The molecule has 14 heterocycles. The summed E-state index contributed by atoms with van der Waals surface area (Å²) in [5.74, 6) is 3.17. The van der Waals surface area contributed by atoms with E-state index in [1.807, 2.05) is 146 Å². The third kappa shape index (κ3) is 24.0. The number of fused-ring (bicyclic) bond motifs is 5. The Labute approximate surface area is 841 Å². The maximum absolute atomic E-state index is 15.1. The molecule has 32 nitrogen and oxygen atoms in total. The predicted octanol–water partition coefficient (Wildman–Crippen LogP) is 15.8. The molecule has 0 atom stereocenters. The Morgan fingerprint density at radius 3 is 0.979 bits per heavy atom. The summed E-state index contributed by atoms with van der Waals surface area (Å²) in [5, 5.41) is 14.3. The summed E-state index contributed by atoms with van der Waals surface area (Å²) >= 11 is 0. The van der Waals surface area contributed by atoms with Gasteiger partial charge in [0.1, 0.15) is 45.7 Å². The van der Waals surface area contributed by atoms with Gasteiger partial charge in [0, 0.05) is 129 Å². The van der Waals surface area contributed by atoms with Crippen LogP contribution in [0.25, 0.3) is 89.4 Å². The molecule has 5 aromatic carbocycles. The number of rotatable bonds is 23. The molecular weight excluding hydrogens is 1920 g/mol. The van der Waals surface area contributed by atoms with Crippen LogP contribution >= 0.6 is 0 Å². The number of halogens is 3. The minimum atomic E-state index is -2.94. The summed E-state index contributed by atoms with van der Waals surface area (Å²) in [7, 11) is -8.69. The third-order valence-electron chi connectivity index (χ3n) is 27.4. The normalized spacial score (nSPS) is 17.8. The molecule has 5 saturated carbocycles. The maximum atomic E-state index is 15.1. The van der Waals surface area contributed by atoms with Crippen molar-refractivity contribution < 1.29 is 67.2 Å². The third-order valence-corrected chi connectivity index (χ3v) is 32.2. The van der Waals surface area contributed by atoms with E-state index in [4.69, 9.17) is 6.57 Å². The quantitative estimate of drug-likeness (QED) is 0.0371. The maximum Gasteiger partial charge on any atom is 0.253 e. The Morgan fingerprint density at radius 1 is 0.349 bits per heavy atom. The minimum absolute atomic E-state index is 0.0142. The van der Waals surface area contributed by atoms with Crippen molar-refractivity contribution in [3.8, 4) is 56.3 Å². The van der Waals surface area contributed by atoms with Crippen LogP contribution < -0.4 is 26.6 Å². The zero-order chi connectivity index (χ0) is 101. The highest BCUT2D eigenvalue weighted by Crippen LogP contribution is 2.39. The first-order valence-corrected chi connectivity index (χ1v) is 54.7. The number of anilines is 5. The zero-order valence-electron chi connectivity index (χ0n) is 80.5. The van der Waals surface area contributed by atoms with Crippen LogP contribution in [0.4, 0.5) is 42.3 Å². The lowest BCUT2D eigenvalue weighted by Gasteiger charge is -2.45. The van der Waals surface area contributed by atoms with Crippen molar-refractivity contribution in [3.63, 3.8) is 0 Å². The summed E-state index contributed by atoms with van der Waals surface area (Å²) in [6, 6.07) is 59.2. The number of amides is 6. The lowest BCUT2D eigenvalue weighted by atomic mass is 9.84. The number of sulfone groups is 3. The standard InChI is InChI=1S/C23H24N4O2.2C22H23FN4O3S.C22H24N4O3S.C19H15FN4O/c1-23(2)13-26(14-23)22(29)17-10-6-15(7-11-17)18-4-3-5-20-24-19(12-27(18)20)25-21(28)16-8-9-16;23-18-7-8-20-24-19(25-22(28)17-5-6-17)14-27(20)21(18)16-3-1-15(2-4-16)13-26-9-11-31(29,30)12-10-26;23-18-12-15(13-26-8-10-31(29,30)11-9-26)4-7-17(18)19-2-1-3-21-24-20(14-27(19)21)25-22(28)16-5-6-16;27-22(18-8-9-18)24-20-15-26-19(2-1-3-21(26)23-20)17-6-4-16(5-7-17)14-25-10-12-30(28,29)13-11-25;1-21-10-12-5-8-14(15(20)9-12)16-3-2-4-18-22-17(11-24(16)18)23-19(25)13-6-7-13/h3-7,10-12,16H,8-9,13-14H2,1-2H3,(H,25,28);1-4,7-8,14,17H,5-6,9-13H2,(H,25,28);1-4,7,12,14,16H,5-6,8-11,13H2,(H,25,28);1-7,15,18H,8-14H2,(H,24,27);2-5,8-9,11,13H,6-7,10H2,(H,23,25). The molecule has 0 radical (unpaired) electrons. The molecule has 0 bridgehead atoms. The Bertz CT molecular complexity index is 7950. The van der Waals surface area contributed by atoms with Gasteiger partial charge < -0.3 is 36.3 Å².